The molecule has 2 aromatic heterocycles. The monoisotopic (exact) mass is 594 g/mol. The lowest BCUT2D eigenvalue weighted by molar-refractivity contribution is 0.0163. The summed E-state index contributed by atoms with van der Waals surface area (Å²) in [5.74, 6) is 1.82. The number of rotatable bonds is 8. The zero-order valence-electron chi connectivity index (χ0n) is 24.2. The van der Waals surface area contributed by atoms with Crippen molar-refractivity contribution in [1.29, 1.82) is 0 Å². The number of fused-ring (bicyclic) bond motifs is 2. The van der Waals surface area contributed by atoms with E-state index in [0.29, 0.717) is 75.2 Å². The molecule has 0 saturated carbocycles. The van der Waals surface area contributed by atoms with E-state index < -0.39 is 0 Å². The fraction of sp³-hybridized carbons (Fsp3) is 0.344. The van der Waals surface area contributed by atoms with Crippen molar-refractivity contribution in [3.63, 3.8) is 0 Å². The maximum Gasteiger partial charge on any atom is 0.323 e. The van der Waals surface area contributed by atoms with E-state index in [0.717, 1.165) is 17.5 Å². The first-order chi connectivity index (χ1) is 21.7. The van der Waals surface area contributed by atoms with Gasteiger partial charge in [-0.1, -0.05) is 30.3 Å². The van der Waals surface area contributed by atoms with Gasteiger partial charge >= 0.3 is 6.03 Å². The zero-order valence-corrected chi connectivity index (χ0v) is 24.2. The Morgan fingerprint density at radius 2 is 1.57 bits per heavy atom. The average molecular weight is 595 g/mol. The fourth-order valence-corrected chi connectivity index (χ4v) is 5.85. The van der Waals surface area contributed by atoms with Gasteiger partial charge in [-0.2, -0.15) is 15.0 Å². The molecular weight excluding hydrogens is 560 g/mol. The van der Waals surface area contributed by atoms with Gasteiger partial charge in [-0.05, 0) is 48.4 Å². The Labute approximate surface area is 255 Å². The van der Waals surface area contributed by atoms with Crippen LogP contribution in [-0.4, -0.2) is 83.7 Å². The highest BCUT2D eigenvalue weighted by Crippen LogP contribution is 2.36. The largest absolute Gasteiger partial charge is 0.378 e. The van der Waals surface area contributed by atoms with Crippen molar-refractivity contribution in [2.75, 3.05) is 60.0 Å². The summed E-state index contributed by atoms with van der Waals surface area (Å²) in [7, 11) is 0. The van der Waals surface area contributed by atoms with E-state index in [9.17, 15) is 4.79 Å². The number of nitrogens with zero attached hydrogens (tertiary/aromatic N) is 6. The molecule has 0 spiro atoms. The maximum absolute atomic E-state index is 12.5. The minimum Gasteiger partial charge on any atom is -0.378 e. The highest BCUT2D eigenvalue weighted by Gasteiger charge is 2.46. The van der Waals surface area contributed by atoms with E-state index in [1.807, 2.05) is 42.5 Å². The third-order valence-corrected chi connectivity index (χ3v) is 8.07. The predicted octanol–water partition coefficient (Wildman–Crippen LogP) is 3.98. The maximum atomic E-state index is 12.5. The topological polar surface area (TPSA) is 127 Å². The van der Waals surface area contributed by atoms with E-state index in [1.165, 1.54) is 0 Å². The van der Waals surface area contributed by atoms with Crippen LogP contribution in [0.5, 0.6) is 0 Å². The number of benzene rings is 2. The number of carbonyl (C=O) groups is 1. The molecule has 3 aliphatic heterocycles. The molecule has 0 aliphatic carbocycles. The van der Waals surface area contributed by atoms with Crippen LogP contribution in [0.2, 0.25) is 0 Å². The molecule has 44 heavy (non-hydrogen) atoms. The first kappa shape index (κ1) is 28.1. The van der Waals surface area contributed by atoms with Gasteiger partial charge in [0.1, 0.15) is 0 Å². The van der Waals surface area contributed by atoms with E-state index in [4.69, 9.17) is 29.2 Å². The molecule has 12 heteroatoms. The van der Waals surface area contributed by atoms with Gasteiger partial charge in [0.15, 0.2) is 5.82 Å². The number of ether oxygens (including phenoxy) is 3. The van der Waals surface area contributed by atoms with Gasteiger partial charge in [0.05, 0.1) is 51.2 Å². The molecule has 3 aliphatic rings. The highest BCUT2D eigenvalue weighted by molar-refractivity contribution is 5.99. The number of pyridine rings is 1. The van der Waals surface area contributed by atoms with E-state index in [2.05, 4.69) is 37.6 Å². The zero-order chi connectivity index (χ0) is 29.7. The standard InChI is InChI=1S/C32H34N8O4/c41-32(35-25-10-12-33-13-11-25)34-24-8-6-23(7-9-24)29-36-30(39-14-16-42-17-15-39)38-31(37-29)40-26-18-28(27(40)21-43-20-26)44-19-22-4-2-1-3-5-22/h1-13,26-28H,14-21H2,(H2,33,34,35,41)/t26-,27-,28-/m1/s1. The number of hydrogen-bond acceptors (Lipinski definition) is 10. The van der Waals surface area contributed by atoms with Crippen LogP contribution in [0.1, 0.15) is 12.0 Å². The van der Waals surface area contributed by atoms with Crippen LogP contribution in [0.3, 0.4) is 0 Å². The van der Waals surface area contributed by atoms with Crippen molar-refractivity contribution in [1.82, 2.24) is 19.9 Å². The number of aromatic nitrogens is 4. The molecule has 2 amide bonds. The summed E-state index contributed by atoms with van der Waals surface area (Å²) in [6.07, 6.45) is 4.09. The lowest BCUT2D eigenvalue weighted by Gasteiger charge is -2.36. The molecular formula is C32H34N8O4. The molecule has 2 N–H and O–H groups in total. The number of amides is 2. The van der Waals surface area contributed by atoms with Crippen LogP contribution in [0.4, 0.5) is 28.1 Å². The summed E-state index contributed by atoms with van der Waals surface area (Å²) in [6.45, 7) is 4.34. The molecule has 226 valence electrons. The smallest absolute Gasteiger partial charge is 0.323 e. The van der Waals surface area contributed by atoms with Crippen LogP contribution >= 0.6 is 0 Å². The van der Waals surface area contributed by atoms with Gasteiger partial charge in [-0.3, -0.25) is 4.98 Å². The van der Waals surface area contributed by atoms with E-state index in [-0.39, 0.29) is 24.2 Å². The molecule has 3 atom stereocenters. The van der Waals surface area contributed by atoms with E-state index in [1.54, 1.807) is 24.5 Å². The number of carbonyl (C=O) groups excluding carboxylic acids is 1. The van der Waals surface area contributed by atoms with Gasteiger partial charge in [0.25, 0.3) is 0 Å². The number of morpholine rings is 2. The van der Waals surface area contributed by atoms with Crippen LogP contribution in [0.25, 0.3) is 11.4 Å². The Morgan fingerprint density at radius 1 is 0.841 bits per heavy atom. The lowest BCUT2D eigenvalue weighted by atomic mass is 10.1. The van der Waals surface area contributed by atoms with Gasteiger partial charge in [0.2, 0.25) is 11.9 Å². The number of anilines is 4. The van der Waals surface area contributed by atoms with Crippen molar-refractivity contribution in [3.8, 4) is 11.4 Å². The number of nitrogens with one attached hydrogen (secondary N) is 2. The fourth-order valence-electron chi connectivity index (χ4n) is 5.85. The van der Waals surface area contributed by atoms with Crippen LogP contribution in [0.15, 0.2) is 79.1 Å². The second kappa shape index (κ2) is 12.9. The molecule has 12 nitrogen and oxygen atoms in total. The molecule has 0 unspecified atom stereocenters. The van der Waals surface area contributed by atoms with E-state index >= 15 is 0 Å². The third-order valence-electron chi connectivity index (χ3n) is 8.07. The first-order valence-electron chi connectivity index (χ1n) is 14.9. The number of urea groups is 1. The van der Waals surface area contributed by atoms with Crippen molar-refractivity contribution in [2.45, 2.75) is 31.2 Å². The highest BCUT2D eigenvalue weighted by atomic mass is 16.5. The Balaban J connectivity index is 1.13. The summed E-state index contributed by atoms with van der Waals surface area (Å²) < 4.78 is 18.0. The SMILES string of the molecule is O=C(Nc1ccncc1)Nc1ccc(-c2nc(N3CCOCC3)nc(N3[C@H]4COC[C@@H]3[C@H](OCc3ccccc3)C4)n2)cc1. The van der Waals surface area contributed by atoms with Crippen molar-refractivity contribution < 1.29 is 19.0 Å². The average Bonchev–Trinajstić information content (AvgIpc) is 3.29. The van der Waals surface area contributed by atoms with Gasteiger partial charge in [-0.15, -0.1) is 0 Å². The number of hydrogen-bond donors (Lipinski definition) is 2. The van der Waals surface area contributed by atoms with Crippen molar-refractivity contribution >= 4 is 29.3 Å². The molecule has 3 fully saturated rings. The second-order valence-corrected chi connectivity index (χ2v) is 11.0. The molecule has 2 aromatic carbocycles. The Morgan fingerprint density at radius 3 is 2.34 bits per heavy atom. The second-order valence-electron chi connectivity index (χ2n) is 11.0. The summed E-state index contributed by atoms with van der Waals surface area (Å²) in [5.41, 5.74) is 3.27. The van der Waals surface area contributed by atoms with Crippen molar-refractivity contribution in [2.24, 2.45) is 0 Å². The Hall–Kier alpha value is -4.65. The summed E-state index contributed by atoms with van der Waals surface area (Å²) in [6, 6.07) is 20.9. The third kappa shape index (κ3) is 6.32. The quantitative estimate of drug-likeness (QED) is 0.309. The van der Waals surface area contributed by atoms with Gasteiger partial charge in [-0.25, -0.2) is 4.79 Å². The van der Waals surface area contributed by atoms with Crippen LogP contribution < -0.4 is 20.4 Å². The summed E-state index contributed by atoms with van der Waals surface area (Å²) in [5, 5.41) is 5.66. The molecule has 2 bridgehead atoms. The summed E-state index contributed by atoms with van der Waals surface area (Å²) in [4.78, 5) is 35.7. The molecule has 0 radical (unpaired) electrons. The molecule has 4 aromatic rings. The predicted molar refractivity (Wildman–Crippen MR) is 166 cm³/mol. The van der Waals surface area contributed by atoms with Gasteiger partial charge < -0.3 is 34.6 Å². The molecule has 7 rings (SSSR count). The Bertz CT molecular complexity index is 1550. The first-order valence-corrected chi connectivity index (χ1v) is 14.9. The van der Waals surface area contributed by atoms with Crippen molar-refractivity contribution in [3.05, 3.63) is 84.7 Å². The van der Waals surface area contributed by atoms with Gasteiger partial charge in [0, 0.05) is 42.4 Å². The van der Waals surface area contributed by atoms with Crippen LogP contribution in [0, 0.1) is 0 Å². The normalized spacial score (nSPS) is 21.2. The minimum atomic E-state index is -0.340. The minimum absolute atomic E-state index is 0.00147. The Kier molecular flexibility index (Phi) is 8.26. The molecule has 5 heterocycles. The summed E-state index contributed by atoms with van der Waals surface area (Å²) >= 11 is 0. The lowest BCUT2D eigenvalue weighted by Crippen LogP contribution is -2.49. The van der Waals surface area contributed by atoms with Crippen LogP contribution in [-0.2, 0) is 20.8 Å². The molecule has 3 saturated heterocycles.